The molecule has 0 saturated carbocycles. The van der Waals surface area contributed by atoms with E-state index in [1.165, 1.54) is 0 Å². The molecule has 1 aliphatic heterocycles. The van der Waals surface area contributed by atoms with Crippen molar-refractivity contribution in [3.05, 3.63) is 65.2 Å². The number of rotatable bonds is 6. The van der Waals surface area contributed by atoms with E-state index in [1.54, 1.807) is 24.3 Å². The molecule has 0 spiro atoms. The molecule has 1 fully saturated rings. The molecule has 0 aromatic heterocycles. The summed E-state index contributed by atoms with van der Waals surface area (Å²) >= 11 is 5.84. The molecule has 2 aromatic rings. The summed E-state index contributed by atoms with van der Waals surface area (Å²) in [5, 5.41) is 21.7. The van der Waals surface area contributed by atoms with Gasteiger partial charge in [0.25, 0.3) is 0 Å². The first kappa shape index (κ1) is 18.2. The first-order valence-corrected chi connectivity index (χ1v) is 9.00. The van der Waals surface area contributed by atoms with Gasteiger partial charge in [0.05, 0.1) is 5.60 Å². The molecule has 1 atom stereocenters. The lowest BCUT2D eigenvalue weighted by molar-refractivity contribution is -0.0372. The van der Waals surface area contributed by atoms with E-state index in [2.05, 4.69) is 4.90 Å². The molecule has 134 valence electrons. The van der Waals surface area contributed by atoms with Crippen LogP contribution in [0.15, 0.2) is 54.6 Å². The van der Waals surface area contributed by atoms with Crippen LogP contribution in [-0.4, -0.2) is 47.5 Å². The number of likely N-dealkylation sites (tertiary alicyclic amines) is 1. The highest BCUT2D eigenvalue weighted by molar-refractivity contribution is 6.30. The Balaban J connectivity index is 1.44. The number of benzene rings is 2. The van der Waals surface area contributed by atoms with Crippen molar-refractivity contribution in [1.29, 1.82) is 0 Å². The average molecular weight is 362 g/mol. The van der Waals surface area contributed by atoms with Gasteiger partial charge in [0.2, 0.25) is 0 Å². The van der Waals surface area contributed by atoms with E-state index in [-0.39, 0.29) is 6.61 Å². The predicted molar refractivity (Wildman–Crippen MR) is 99.0 cm³/mol. The first-order valence-electron chi connectivity index (χ1n) is 8.62. The third-order valence-electron chi connectivity index (χ3n) is 4.72. The second-order valence-electron chi connectivity index (χ2n) is 6.62. The Morgan fingerprint density at radius 2 is 1.68 bits per heavy atom. The molecule has 1 aliphatic rings. The number of halogens is 1. The Morgan fingerprint density at radius 1 is 1.04 bits per heavy atom. The van der Waals surface area contributed by atoms with Crippen molar-refractivity contribution in [3.63, 3.8) is 0 Å². The summed E-state index contributed by atoms with van der Waals surface area (Å²) < 4.78 is 5.59. The number of β-amino-alcohol motifs (C(OH)–C–C–N with tert-alkyl or cyclic N) is 1. The van der Waals surface area contributed by atoms with Crippen LogP contribution >= 0.6 is 11.6 Å². The monoisotopic (exact) mass is 361 g/mol. The van der Waals surface area contributed by atoms with Gasteiger partial charge in [-0.3, -0.25) is 0 Å². The Hall–Kier alpha value is -1.59. The molecule has 25 heavy (non-hydrogen) atoms. The van der Waals surface area contributed by atoms with Crippen molar-refractivity contribution in [2.45, 2.75) is 24.5 Å². The van der Waals surface area contributed by atoms with Gasteiger partial charge in [0, 0.05) is 24.7 Å². The third-order valence-corrected chi connectivity index (χ3v) is 4.97. The Labute approximate surface area is 153 Å². The van der Waals surface area contributed by atoms with Gasteiger partial charge in [-0.05, 0) is 42.7 Å². The molecule has 0 amide bonds. The molecule has 3 rings (SSSR count). The van der Waals surface area contributed by atoms with Crippen LogP contribution in [0.2, 0.25) is 5.02 Å². The van der Waals surface area contributed by atoms with E-state index in [0.717, 1.165) is 18.7 Å². The van der Waals surface area contributed by atoms with Crippen LogP contribution in [0.5, 0.6) is 5.75 Å². The van der Waals surface area contributed by atoms with Crippen LogP contribution in [0, 0.1) is 0 Å². The minimum absolute atomic E-state index is 0.237. The molecule has 5 heteroatoms. The van der Waals surface area contributed by atoms with Crippen molar-refractivity contribution in [3.8, 4) is 5.75 Å². The molecular weight excluding hydrogens is 338 g/mol. The van der Waals surface area contributed by atoms with Gasteiger partial charge in [-0.2, -0.15) is 0 Å². The van der Waals surface area contributed by atoms with Gasteiger partial charge < -0.3 is 19.8 Å². The fourth-order valence-electron chi connectivity index (χ4n) is 3.22. The molecule has 1 saturated heterocycles. The lowest BCUT2D eigenvalue weighted by Crippen LogP contribution is -2.46. The molecule has 0 radical (unpaired) electrons. The summed E-state index contributed by atoms with van der Waals surface area (Å²) in [6.07, 6.45) is 0.766. The third kappa shape index (κ3) is 4.95. The number of hydrogen-bond donors (Lipinski definition) is 2. The van der Waals surface area contributed by atoms with Crippen molar-refractivity contribution in [1.82, 2.24) is 4.90 Å². The van der Waals surface area contributed by atoms with Crippen molar-refractivity contribution in [2.24, 2.45) is 0 Å². The minimum Gasteiger partial charge on any atom is -0.491 e. The fourth-order valence-corrected chi connectivity index (χ4v) is 3.34. The summed E-state index contributed by atoms with van der Waals surface area (Å²) in [4.78, 5) is 2.17. The number of ether oxygens (including phenoxy) is 1. The second-order valence-corrected chi connectivity index (χ2v) is 7.05. The quantitative estimate of drug-likeness (QED) is 0.830. The fraction of sp³-hybridized carbons (Fsp3) is 0.400. The van der Waals surface area contributed by atoms with Gasteiger partial charge >= 0.3 is 0 Å². The van der Waals surface area contributed by atoms with Crippen LogP contribution in [0.3, 0.4) is 0 Å². The highest BCUT2D eigenvalue weighted by atomic mass is 35.5. The number of aliphatic hydroxyl groups is 2. The Kier molecular flexibility index (Phi) is 5.97. The molecule has 0 bridgehead atoms. The maximum atomic E-state index is 10.8. The number of piperidine rings is 1. The average Bonchev–Trinajstić information content (AvgIpc) is 2.64. The highest BCUT2D eigenvalue weighted by Gasteiger charge is 2.34. The van der Waals surface area contributed by atoms with Gasteiger partial charge in [-0.1, -0.05) is 41.9 Å². The molecule has 1 heterocycles. The lowest BCUT2D eigenvalue weighted by Gasteiger charge is -2.39. The summed E-state index contributed by atoms with van der Waals surface area (Å²) in [5.41, 5.74) is 0.212. The molecule has 0 aliphatic carbocycles. The zero-order chi connectivity index (χ0) is 17.7. The lowest BCUT2D eigenvalue weighted by atomic mass is 9.84. The van der Waals surface area contributed by atoms with Crippen molar-refractivity contribution in [2.75, 3.05) is 26.2 Å². The van der Waals surface area contributed by atoms with Gasteiger partial charge in [0.15, 0.2) is 0 Å². The van der Waals surface area contributed by atoms with Crippen molar-refractivity contribution < 1.29 is 14.9 Å². The zero-order valence-electron chi connectivity index (χ0n) is 14.1. The standard InChI is InChI=1S/C20H24ClNO3/c21-17-6-8-19(9-7-17)25-15-18(23)14-22-12-10-20(24,11-13-22)16-4-2-1-3-5-16/h1-9,18,23-24H,10-15H2/t18-/m1/s1. The molecule has 2 aromatic carbocycles. The summed E-state index contributed by atoms with van der Waals surface area (Å²) in [7, 11) is 0. The van der Waals surface area contributed by atoms with E-state index in [1.807, 2.05) is 30.3 Å². The Morgan fingerprint density at radius 3 is 2.32 bits per heavy atom. The summed E-state index contributed by atoms with van der Waals surface area (Å²) in [5.74, 6) is 0.695. The number of nitrogens with zero attached hydrogens (tertiary/aromatic N) is 1. The first-order chi connectivity index (χ1) is 12.0. The molecule has 0 unspecified atom stereocenters. The molecule has 4 nitrogen and oxygen atoms in total. The number of aliphatic hydroxyl groups excluding tert-OH is 1. The molecule has 2 N–H and O–H groups in total. The highest BCUT2D eigenvalue weighted by Crippen LogP contribution is 2.32. The Bertz CT molecular complexity index is 654. The summed E-state index contributed by atoms with van der Waals surface area (Å²) in [6, 6.07) is 16.9. The predicted octanol–water partition coefficient (Wildman–Crippen LogP) is 3.06. The smallest absolute Gasteiger partial charge is 0.119 e. The van der Waals surface area contributed by atoms with E-state index < -0.39 is 11.7 Å². The topological polar surface area (TPSA) is 52.9 Å². The van der Waals surface area contributed by atoms with E-state index in [4.69, 9.17) is 16.3 Å². The van der Waals surface area contributed by atoms with E-state index in [9.17, 15) is 10.2 Å². The van der Waals surface area contributed by atoms with E-state index >= 15 is 0 Å². The largest absolute Gasteiger partial charge is 0.491 e. The van der Waals surface area contributed by atoms with Crippen molar-refractivity contribution >= 4 is 11.6 Å². The van der Waals surface area contributed by atoms with Crippen LogP contribution in [-0.2, 0) is 5.60 Å². The summed E-state index contributed by atoms with van der Waals surface area (Å²) in [6.45, 7) is 2.28. The number of hydrogen-bond acceptors (Lipinski definition) is 4. The normalized spacial score (nSPS) is 18.7. The van der Waals surface area contributed by atoms with Crippen LogP contribution < -0.4 is 4.74 Å². The van der Waals surface area contributed by atoms with Crippen LogP contribution in [0.1, 0.15) is 18.4 Å². The zero-order valence-corrected chi connectivity index (χ0v) is 14.9. The van der Waals surface area contributed by atoms with Gasteiger partial charge in [-0.25, -0.2) is 0 Å². The molecular formula is C20H24ClNO3. The van der Waals surface area contributed by atoms with Crippen LogP contribution in [0.4, 0.5) is 0 Å². The minimum atomic E-state index is -0.761. The van der Waals surface area contributed by atoms with E-state index in [0.29, 0.717) is 30.2 Å². The van der Waals surface area contributed by atoms with Gasteiger partial charge in [-0.15, -0.1) is 0 Å². The maximum Gasteiger partial charge on any atom is 0.119 e. The van der Waals surface area contributed by atoms with Crippen LogP contribution in [0.25, 0.3) is 0 Å². The second kappa shape index (κ2) is 8.19. The van der Waals surface area contributed by atoms with Gasteiger partial charge in [0.1, 0.15) is 18.5 Å². The SMILES string of the molecule is O[C@@H](COc1ccc(Cl)cc1)CN1CCC(O)(c2ccccc2)CC1. The maximum absolute atomic E-state index is 10.8.